The van der Waals surface area contributed by atoms with Gasteiger partial charge >= 0.3 is 0 Å². The molecule has 0 radical (unpaired) electrons. The highest BCUT2D eigenvalue weighted by Gasteiger charge is 2.20. The fourth-order valence-electron chi connectivity index (χ4n) is 3.02. The summed E-state index contributed by atoms with van der Waals surface area (Å²) in [6.07, 6.45) is 5.00. The van der Waals surface area contributed by atoms with Crippen molar-refractivity contribution in [3.05, 3.63) is 58.1 Å². The lowest BCUT2D eigenvalue weighted by Gasteiger charge is -2.14. The van der Waals surface area contributed by atoms with Crippen LogP contribution in [0.3, 0.4) is 0 Å². The number of aryl methyl sites for hydroxylation is 1. The Labute approximate surface area is 131 Å². The van der Waals surface area contributed by atoms with Crippen molar-refractivity contribution in [1.29, 1.82) is 0 Å². The summed E-state index contributed by atoms with van der Waals surface area (Å²) in [5.74, 6) is 0.911. The fourth-order valence-corrected chi connectivity index (χ4v) is 3.38. The Hall–Kier alpha value is -1.81. The topological polar surface area (TPSA) is 41.3 Å². The molecule has 0 amide bonds. The highest BCUT2D eigenvalue weighted by Crippen LogP contribution is 2.31. The van der Waals surface area contributed by atoms with Crippen LogP contribution in [0.5, 0.6) is 0 Å². The van der Waals surface area contributed by atoms with Gasteiger partial charge in [-0.2, -0.15) is 0 Å². The molecule has 1 aromatic carbocycles. The van der Waals surface area contributed by atoms with Crippen molar-refractivity contribution in [2.45, 2.75) is 25.8 Å². The molecule has 1 N–H and O–H groups in total. The highest BCUT2D eigenvalue weighted by atomic mass is 79.9. The predicted molar refractivity (Wildman–Crippen MR) is 87.9 cm³/mol. The summed E-state index contributed by atoms with van der Waals surface area (Å²) < 4.78 is 6.49. The van der Waals surface area contributed by atoms with Gasteiger partial charge in [-0.15, -0.1) is 0 Å². The summed E-state index contributed by atoms with van der Waals surface area (Å²) in [5.41, 5.74) is 4.97. The molecule has 0 saturated carbocycles. The van der Waals surface area contributed by atoms with E-state index in [9.17, 15) is 0 Å². The number of aromatic amines is 1. The maximum absolute atomic E-state index is 5.36. The third-order valence-corrected chi connectivity index (χ3v) is 4.50. The number of aromatic nitrogens is 1. The van der Waals surface area contributed by atoms with Crippen molar-refractivity contribution in [3.63, 3.8) is 0 Å². The monoisotopic (exact) mass is 342 g/mol. The van der Waals surface area contributed by atoms with E-state index in [0.29, 0.717) is 6.54 Å². The lowest BCUT2D eigenvalue weighted by atomic mass is 9.94. The number of H-pyrrole nitrogens is 1. The van der Waals surface area contributed by atoms with Crippen LogP contribution in [0.2, 0.25) is 0 Å². The summed E-state index contributed by atoms with van der Waals surface area (Å²) in [4.78, 5) is 8.31. The maximum atomic E-state index is 5.36. The zero-order chi connectivity index (χ0) is 14.2. The van der Waals surface area contributed by atoms with E-state index in [-0.39, 0.29) is 0 Å². The Balaban J connectivity index is 1.77. The number of rotatable bonds is 2. The second kappa shape index (κ2) is 5.19. The van der Waals surface area contributed by atoms with Gasteiger partial charge in [-0.3, -0.25) is 4.99 Å². The molecule has 0 unspecified atom stereocenters. The zero-order valence-electron chi connectivity index (χ0n) is 11.5. The van der Waals surface area contributed by atoms with Gasteiger partial charge in [0.1, 0.15) is 5.76 Å². The molecule has 4 rings (SSSR count). The number of nitrogens with one attached hydrogen (secondary N) is 1. The number of nitrogens with zero attached hydrogens (tertiary/aromatic N) is 1. The van der Waals surface area contributed by atoms with Crippen molar-refractivity contribution < 1.29 is 4.42 Å². The van der Waals surface area contributed by atoms with Crippen LogP contribution < -0.4 is 0 Å². The Bertz CT molecular complexity index is 815. The molecule has 3 aromatic rings. The smallest absolute Gasteiger partial charge is 0.125 e. The SMILES string of the molecule is Brc1ccc2[nH]c3c(c2c1)CCCC3=NCc1ccco1. The van der Waals surface area contributed by atoms with Crippen LogP contribution in [0.15, 0.2) is 50.5 Å². The number of hydrogen-bond donors (Lipinski definition) is 1. The van der Waals surface area contributed by atoms with Crippen LogP contribution >= 0.6 is 15.9 Å². The molecule has 4 heteroatoms. The van der Waals surface area contributed by atoms with E-state index in [0.717, 1.165) is 29.5 Å². The minimum atomic E-state index is 0.612. The molecule has 0 saturated heterocycles. The van der Waals surface area contributed by atoms with E-state index >= 15 is 0 Å². The number of furan rings is 1. The first-order valence-electron chi connectivity index (χ1n) is 7.17. The summed E-state index contributed by atoms with van der Waals surface area (Å²) in [7, 11) is 0. The first-order valence-corrected chi connectivity index (χ1v) is 7.97. The number of hydrogen-bond acceptors (Lipinski definition) is 2. The number of aliphatic imine (C=N–C) groups is 1. The van der Waals surface area contributed by atoms with Crippen LogP contribution in [0.4, 0.5) is 0 Å². The van der Waals surface area contributed by atoms with Gasteiger partial charge in [0.2, 0.25) is 0 Å². The van der Waals surface area contributed by atoms with Crippen LogP contribution in [-0.2, 0) is 13.0 Å². The summed E-state index contributed by atoms with van der Waals surface area (Å²) in [5, 5.41) is 1.31. The predicted octanol–water partition coefficient (Wildman–Crippen LogP) is 4.85. The van der Waals surface area contributed by atoms with Gasteiger partial charge in [-0.25, -0.2) is 0 Å². The van der Waals surface area contributed by atoms with E-state index in [1.54, 1.807) is 6.26 Å². The Morgan fingerprint density at radius 1 is 1.24 bits per heavy atom. The van der Waals surface area contributed by atoms with E-state index in [1.165, 1.54) is 27.9 Å². The molecule has 1 aliphatic carbocycles. The lowest BCUT2D eigenvalue weighted by molar-refractivity contribution is 0.512. The van der Waals surface area contributed by atoms with Crippen LogP contribution in [0.25, 0.3) is 10.9 Å². The maximum Gasteiger partial charge on any atom is 0.125 e. The second-order valence-corrected chi connectivity index (χ2v) is 6.28. The van der Waals surface area contributed by atoms with Gasteiger partial charge in [0, 0.05) is 15.4 Å². The van der Waals surface area contributed by atoms with Gasteiger partial charge in [-0.1, -0.05) is 15.9 Å². The van der Waals surface area contributed by atoms with Crippen molar-refractivity contribution >= 4 is 32.5 Å². The molecule has 0 fully saturated rings. The van der Waals surface area contributed by atoms with Gasteiger partial charge < -0.3 is 9.40 Å². The van der Waals surface area contributed by atoms with Crippen LogP contribution in [0.1, 0.15) is 29.9 Å². The van der Waals surface area contributed by atoms with Crippen molar-refractivity contribution in [2.24, 2.45) is 4.99 Å². The molecule has 1 aliphatic rings. The molecule has 106 valence electrons. The minimum Gasteiger partial charge on any atom is -0.467 e. The quantitative estimate of drug-likeness (QED) is 0.710. The summed E-state index contributed by atoms with van der Waals surface area (Å²) in [6, 6.07) is 10.3. The first kappa shape index (κ1) is 12.9. The van der Waals surface area contributed by atoms with Gasteiger partial charge in [0.15, 0.2) is 0 Å². The second-order valence-electron chi connectivity index (χ2n) is 5.36. The van der Waals surface area contributed by atoms with Gasteiger partial charge in [0.25, 0.3) is 0 Å². The highest BCUT2D eigenvalue weighted by molar-refractivity contribution is 9.10. The Kier molecular flexibility index (Phi) is 3.19. The fraction of sp³-hybridized carbons (Fsp3) is 0.235. The molecular formula is C17H15BrN2O. The Morgan fingerprint density at radius 2 is 2.19 bits per heavy atom. The van der Waals surface area contributed by atoms with Crippen molar-refractivity contribution in [1.82, 2.24) is 4.98 Å². The summed E-state index contributed by atoms with van der Waals surface area (Å²) in [6.45, 7) is 0.612. The third-order valence-electron chi connectivity index (χ3n) is 4.00. The average molecular weight is 343 g/mol. The molecule has 0 aliphatic heterocycles. The molecular weight excluding hydrogens is 328 g/mol. The molecule has 2 aromatic heterocycles. The van der Waals surface area contributed by atoms with E-state index in [4.69, 9.17) is 9.41 Å². The van der Waals surface area contributed by atoms with Crippen molar-refractivity contribution in [3.8, 4) is 0 Å². The average Bonchev–Trinajstić information content (AvgIpc) is 3.12. The molecule has 0 bridgehead atoms. The Morgan fingerprint density at radius 3 is 3.05 bits per heavy atom. The molecule has 0 spiro atoms. The van der Waals surface area contributed by atoms with E-state index < -0.39 is 0 Å². The van der Waals surface area contributed by atoms with Gasteiger partial charge in [-0.05, 0) is 55.2 Å². The van der Waals surface area contributed by atoms with Crippen LogP contribution in [0, 0.1) is 0 Å². The largest absolute Gasteiger partial charge is 0.467 e. The van der Waals surface area contributed by atoms with E-state index in [1.807, 2.05) is 12.1 Å². The first-order chi connectivity index (χ1) is 10.3. The number of halogens is 1. The standard InChI is InChI=1S/C17H15BrN2O/c18-11-6-7-15-14(9-11)13-4-1-5-16(17(13)20-15)19-10-12-3-2-8-21-12/h2-3,6-9,20H,1,4-5,10H2. The molecule has 2 heterocycles. The number of fused-ring (bicyclic) bond motifs is 3. The van der Waals surface area contributed by atoms with Crippen LogP contribution in [-0.4, -0.2) is 10.7 Å². The van der Waals surface area contributed by atoms with E-state index in [2.05, 4.69) is 39.1 Å². The minimum absolute atomic E-state index is 0.612. The van der Waals surface area contributed by atoms with Crippen molar-refractivity contribution in [2.75, 3.05) is 0 Å². The zero-order valence-corrected chi connectivity index (χ0v) is 13.1. The molecule has 21 heavy (non-hydrogen) atoms. The normalized spacial score (nSPS) is 16.5. The lowest BCUT2D eigenvalue weighted by Crippen LogP contribution is -2.11. The molecule has 3 nitrogen and oxygen atoms in total. The molecule has 0 atom stereocenters. The number of benzene rings is 1. The van der Waals surface area contributed by atoms with Gasteiger partial charge in [0.05, 0.1) is 24.2 Å². The third kappa shape index (κ3) is 2.33. The summed E-state index contributed by atoms with van der Waals surface area (Å²) >= 11 is 3.56.